The summed E-state index contributed by atoms with van der Waals surface area (Å²) in [6, 6.07) is 17.1. The molecule has 6 nitrogen and oxygen atoms in total. The van der Waals surface area contributed by atoms with E-state index in [2.05, 4.69) is 16.0 Å². The lowest BCUT2D eigenvalue weighted by atomic mass is 10.1. The third-order valence-electron chi connectivity index (χ3n) is 4.46. The molecule has 0 amide bonds. The molecular weight excluding hydrogens is 354 g/mol. The summed E-state index contributed by atoms with van der Waals surface area (Å²) < 4.78 is 16.9. The van der Waals surface area contributed by atoms with E-state index in [4.69, 9.17) is 13.3 Å². The number of hydrogen-bond donors (Lipinski definition) is 1. The van der Waals surface area contributed by atoms with Crippen LogP contribution in [0.15, 0.2) is 85.5 Å². The minimum absolute atomic E-state index is 0.200. The smallest absolute Gasteiger partial charge is 0.238 e. The predicted octanol–water partition coefficient (Wildman–Crippen LogP) is 5.90. The zero-order valence-corrected chi connectivity index (χ0v) is 14.5. The second-order valence-electron chi connectivity index (χ2n) is 6.10. The van der Waals surface area contributed by atoms with Gasteiger partial charge in [0.1, 0.15) is 17.4 Å². The van der Waals surface area contributed by atoms with Crippen molar-refractivity contribution in [1.82, 2.24) is 4.98 Å². The quantitative estimate of drug-likeness (QED) is 0.400. The Morgan fingerprint density at radius 2 is 1.75 bits per heavy atom. The molecule has 28 heavy (non-hydrogen) atoms. The maximum atomic E-state index is 9.78. The number of hydrogen-bond acceptors (Lipinski definition) is 5. The van der Waals surface area contributed by atoms with Crippen LogP contribution < -0.4 is 0 Å². The summed E-state index contributed by atoms with van der Waals surface area (Å²) in [5.74, 6) is 1.62. The number of benzene rings is 1. The van der Waals surface area contributed by atoms with Crippen molar-refractivity contribution in [1.29, 1.82) is 5.26 Å². The molecule has 0 radical (unpaired) electrons. The van der Waals surface area contributed by atoms with Crippen LogP contribution in [0, 0.1) is 11.3 Å². The summed E-state index contributed by atoms with van der Waals surface area (Å²) >= 11 is 0. The van der Waals surface area contributed by atoms with E-state index >= 15 is 0 Å². The van der Waals surface area contributed by atoms with Gasteiger partial charge in [-0.3, -0.25) is 0 Å². The second-order valence-corrected chi connectivity index (χ2v) is 6.10. The fraction of sp³-hybridized carbons (Fsp3) is 0. The van der Waals surface area contributed by atoms with Crippen molar-refractivity contribution < 1.29 is 13.3 Å². The molecule has 0 bridgehead atoms. The number of para-hydroxylation sites is 1. The Balaban J connectivity index is 1.66. The Labute approximate surface area is 159 Å². The lowest BCUT2D eigenvalue weighted by Gasteiger charge is -1.96. The molecule has 134 valence electrons. The average Bonchev–Trinajstić information content (AvgIpc) is 3.52. The molecule has 4 aromatic heterocycles. The molecule has 0 aliphatic rings. The van der Waals surface area contributed by atoms with Gasteiger partial charge in [0.25, 0.3) is 0 Å². The van der Waals surface area contributed by atoms with Crippen molar-refractivity contribution in [2.45, 2.75) is 0 Å². The van der Waals surface area contributed by atoms with E-state index in [1.165, 1.54) is 0 Å². The maximum Gasteiger partial charge on any atom is 0.238 e. The number of nitrogens with one attached hydrogen (secondary N) is 1. The third-order valence-corrected chi connectivity index (χ3v) is 4.46. The normalized spacial score (nSPS) is 11.4. The molecule has 0 aliphatic heterocycles. The summed E-state index contributed by atoms with van der Waals surface area (Å²) in [7, 11) is 0. The lowest BCUT2D eigenvalue weighted by Crippen LogP contribution is -1.80. The van der Waals surface area contributed by atoms with E-state index in [0.717, 1.165) is 16.5 Å². The van der Waals surface area contributed by atoms with Crippen LogP contribution in [0.3, 0.4) is 0 Å². The minimum atomic E-state index is 0.200. The summed E-state index contributed by atoms with van der Waals surface area (Å²) in [6.45, 7) is 0. The largest absolute Gasteiger partial charge is 0.464 e. The molecule has 0 saturated carbocycles. The van der Waals surface area contributed by atoms with Crippen molar-refractivity contribution in [3.05, 3.63) is 78.4 Å². The Kier molecular flexibility index (Phi) is 3.70. The Hall–Kier alpha value is -4.24. The van der Waals surface area contributed by atoms with Gasteiger partial charge < -0.3 is 18.2 Å². The number of furan rings is 3. The first-order valence-corrected chi connectivity index (χ1v) is 8.60. The van der Waals surface area contributed by atoms with Crippen LogP contribution in [0.4, 0.5) is 5.88 Å². The Bertz CT molecular complexity index is 1310. The zero-order valence-electron chi connectivity index (χ0n) is 14.5. The van der Waals surface area contributed by atoms with E-state index in [9.17, 15) is 5.26 Å². The van der Waals surface area contributed by atoms with Gasteiger partial charge in [0.2, 0.25) is 5.88 Å². The molecule has 0 fully saturated rings. The molecule has 1 N–H and O–H groups in total. The van der Waals surface area contributed by atoms with Crippen molar-refractivity contribution >= 4 is 23.0 Å². The number of aromatic nitrogens is 1. The van der Waals surface area contributed by atoms with E-state index in [-0.39, 0.29) is 11.4 Å². The molecule has 0 saturated heterocycles. The summed E-state index contributed by atoms with van der Waals surface area (Å²) in [5, 5.41) is 10.8. The monoisotopic (exact) mass is 367 g/mol. The van der Waals surface area contributed by atoms with Gasteiger partial charge in [0.15, 0.2) is 11.5 Å². The molecule has 0 atom stereocenters. The molecule has 4 heterocycles. The number of H-pyrrole nitrogens is 1. The van der Waals surface area contributed by atoms with Crippen LogP contribution in [0.5, 0.6) is 0 Å². The summed E-state index contributed by atoms with van der Waals surface area (Å²) in [4.78, 5) is 7.65. The first-order chi connectivity index (χ1) is 13.8. The number of nitrogens with zero attached hydrogens (tertiary/aromatic N) is 2. The highest BCUT2D eigenvalue weighted by molar-refractivity contribution is 6.00. The van der Waals surface area contributed by atoms with Gasteiger partial charge in [-0.1, -0.05) is 18.2 Å². The zero-order chi connectivity index (χ0) is 18.9. The van der Waals surface area contributed by atoms with Crippen LogP contribution in [-0.4, -0.2) is 11.2 Å². The number of aromatic amines is 1. The highest BCUT2D eigenvalue weighted by Gasteiger charge is 2.26. The highest BCUT2D eigenvalue weighted by atomic mass is 16.4. The molecule has 1 aromatic carbocycles. The molecule has 0 aliphatic carbocycles. The Morgan fingerprint density at radius 1 is 0.964 bits per heavy atom. The van der Waals surface area contributed by atoms with Gasteiger partial charge in [-0.15, -0.1) is 0 Å². The average molecular weight is 367 g/mol. The first kappa shape index (κ1) is 16.0. The topological polar surface area (TPSA) is 91.4 Å². The van der Waals surface area contributed by atoms with Crippen LogP contribution in [0.25, 0.3) is 33.7 Å². The number of nitriles is 1. The van der Waals surface area contributed by atoms with Gasteiger partial charge in [-0.2, -0.15) is 5.26 Å². The van der Waals surface area contributed by atoms with Gasteiger partial charge in [0, 0.05) is 28.9 Å². The minimum Gasteiger partial charge on any atom is -0.464 e. The van der Waals surface area contributed by atoms with Crippen LogP contribution in [-0.2, 0) is 0 Å². The summed E-state index contributed by atoms with van der Waals surface area (Å²) in [5.41, 5.74) is 2.72. The van der Waals surface area contributed by atoms with Gasteiger partial charge in [-0.25, -0.2) is 4.99 Å². The molecule has 6 heteroatoms. The second kappa shape index (κ2) is 6.49. The third kappa shape index (κ3) is 2.54. The lowest BCUT2D eigenvalue weighted by molar-refractivity contribution is 0.527. The van der Waals surface area contributed by atoms with Gasteiger partial charge in [-0.05, 0) is 30.3 Å². The van der Waals surface area contributed by atoms with Gasteiger partial charge >= 0.3 is 0 Å². The van der Waals surface area contributed by atoms with Crippen LogP contribution in [0.1, 0.15) is 11.1 Å². The van der Waals surface area contributed by atoms with E-state index in [0.29, 0.717) is 22.8 Å². The number of aliphatic imine (C=N–C) groups is 1. The fourth-order valence-electron chi connectivity index (χ4n) is 3.18. The molecule has 0 spiro atoms. The standard InChI is InChI=1S/C22H13N3O3/c23-11-16-20(18-7-3-9-26-18)21(19-8-4-10-27-19)28-22(16)25-13-14-12-24-17-6-2-1-5-15(14)17/h1-10,12-13,24H. The number of rotatable bonds is 4. The first-order valence-electron chi connectivity index (χ1n) is 8.60. The SMILES string of the molecule is N#Cc1c(N=Cc2c[nH]c3ccccc23)oc(-c2ccco2)c1-c1ccco1. The van der Waals surface area contributed by atoms with Crippen molar-refractivity contribution in [3.63, 3.8) is 0 Å². The molecule has 0 unspecified atom stereocenters. The van der Waals surface area contributed by atoms with Crippen molar-refractivity contribution in [2.75, 3.05) is 0 Å². The van der Waals surface area contributed by atoms with Crippen molar-refractivity contribution in [2.24, 2.45) is 4.99 Å². The van der Waals surface area contributed by atoms with E-state index in [1.807, 2.05) is 30.5 Å². The summed E-state index contributed by atoms with van der Waals surface area (Å²) in [6.07, 6.45) is 6.63. The maximum absolute atomic E-state index is 9.78. The Morgan fingerprint density at radius 3 is 2.50 bits per heavy atom. The molecule has 5 aromatic rings. The fourth-order valence-corrected chi connectivity index (χ4v) is 3.18. The van der Waals surface area contributed by atoms with E-state index < -0.39 is 0 Å². The van der Waals surface area contributed by atoms with Crippen molar-refractivity contribution in [3.8, 4) is 28.9 Å². The van der Waals surface area contributed by atoms with Crippen LogP contribution >= 0.6 is 0 Å². The number of fused-ring (bicyclic) bond motifs is 1. The highest BCUT2D eigenvalue weighted by Crippen LogP contribution is 2.42. The predicted molar refractivity (Wildman–Crippen MR) is 104 cm³/mol. The van der Waals surface area contributed by atoms with Gasteiger partial charge in [0.05, 0.1) is 18.1 Å². The molecular formula is C22H13N3O3. The van der Waals surface area contributed by atoms with E-state index in [1.54, 1.807) is 43.0 Å². The van der Waals surface area contributed by atoms with Crippen LogP contribution in [0.2, 0.25) is 0 Å². The molecule has 5 rings (SSSR count).